The fourth-order valence-corrected chi connectivity index (χ4v) is 1.58. The van der Waals surface area contributed by atoms with Crippen molar-refractivity contribution in [2.75, 3.05) is 15.9 Å². The number of rotatable bonds is 6. The van der Waals surface area contributed by atoms with Crippen LogP contribution < -0.4 is 15.9 Å². The number of anilines is 3. The number of halogens is 6. The number of nitrogens with zero attached hydrogens (tertiary/aromatic N) is 3. The van der Waals surface area contributed by atoms with E-state index in [2.05, 4.69) is 5.10 Å². The number of nitrogens with one attached hydrogen (secondary N) is 1. The highest BCUT2D eigenvalue weighted by atomic mass is 19.4. The van der Waals surface area contributed by atoms with Crippen molar-refractivity contribution in [3.8, 4) is 0 Å². The summed E-state index contributed by atoms with van der Waals surface area (Å²) in [5.41, 5.74) is -4.83. The van der Waals surface area contributed by atoms with Gasteiger partial charge in [0.2, 0.25) is 0 Å². The Morgan fingerprint density at radius 1 is 1.08 bits per heavy atom. The topological polar surface area (TPSA) is 138 Å². The molecule has 0 saturated heterocycles. The first kappa shape index (κ1) is 21.7. The Labute approximate surface area is 140 Å². The van der Waals surface area contributed by atoms with Crippen molar-refractivity contribution in [3.05, 3.63) is 28.6 Å². The molecule has 0 heterocycles. The lowest BCUT2D eigenvalue weighted by Crippen LogP contribution is -2.57. The lowest BCUT2D eigenvalue weighted by atomic mass is 9.99. The van der Waals surface area contributed by atoms with Crippen LogP contribution in [0.1, 0.15) is 6.42 Å². The first-order chi connectivity index (χ1) is 11.7. The standard InChI is InChI=1S/C11H10F6N4O5/c12-10(13,14)9(22,11(15,16)17)3-4-18-19-7-2-1-6(20(23)24)5-8(7)21(25)26/h1-2,4-5,19,22,25-26H,3H2/q-2/b18-4+. The molecule has 0 atom stereocenters. The van der Waals surface area contributed by atoms with E-state index in [4.69, 9.17) is 15.5 Å². The molecule has 9 nitrogen and oxygen atoms in total. The average molecular weight is 392 g/mol. The van der Waals surface area contributed by atoms with Gasteiger partial charge >= 0.3 is 12.4 Å². The fraction of sp³-hybridized carbons (Fsp3) is 0.364. The minimum atomic E-state index is -6.03. The highest BCUT2D eigenvalue weighted by Crippen LogP contribution is 2.44. The van der Waals surface area contributed by atoms with E-state index in [9.17, 15) is 36.8 Å². The predicted molar refractivity (Wildman–Crippen MR) is 75.5 cm³/mol. The van der Waals surface area contributed by atoms with E-state index in [-0.39, 0.29) is 6.21 Å². The number of hydrogen-bond acceptors (Lipinski definition) is 9. The van der Waals surface area contributed by atoms with Gasteiger partial charge in [-0.1, -0.05) is 0 Å². The summed E-state index contributed by atoms with van der Waals surface area (Å²) in [5, 5.41) is 49.5. The SMILES string of the molecule is [O-]N([O-])c1ccc(N/N=C/CC(O)(C(F)(F)F)C(F)(F)F)c(N(O)O)c1. The van der Waals surface area contributed by atoms with Crippen molar-refractivity contribution < 1.29 is 41.9 Å². The van der Waals surface area contributed by atoms with Gasteiger partial charge in [-0.15, -0.1) is 5.23 Å². The summed E-state index contributed by atoms with van der Waals surface area (Å²) in [5.74, 6) is 0. The zero-order valence-electron chi connectivity index (χ0n) is 12.3. The Bertz CT molecular complexity index is 635. The van der Waals surface area contributed by atoms with Crippen LogP contribution in [0.3, 0.4) is 0 Å². The van der Waals surface area contributed by atoms with Crippen LogP contribution >= 0.6 is 0 Å². The van der Waals surface area contributed by atoms with Crippen molar-refractivity contribution in [3.63, 3.8) is 0 Å². The molecule has 0 saturated carbocycles. The molecule has 1 aromatic carbocycles. The molecule has 26 heavy (non-hydrogen) atoms. The minimum Gasteiger partial charge on any atom is -0.769 e. The zero-order valence-corrected chi connectivity index (χ0v) is 12.3. The molecule has 0 bridgehead atoms. The number of aliphatic hydroxyl groups is 1. The fourth-order valence-electron chi connectivity index (χ4n) is 1.58. The van der Waals surface area contributed by atoms with E-state index in [1.165, 1.54) is 0 Å². The van der Waals surface area contributed by atoms with Gasteiger partial charge in [0.1, 0.15) is 5.69 Å². The van der Waals surface area contributed by atoms with Gasteiger partial charge in [-0.2, -0.15) is 31.4 Å². The van der Waals surface area contributed by atoms with Crippen LogP contribution in [0.2, 0.25) is 0 Å². The summed E-state index contributed by atoms with van der Waals surface area (Å²) in [4.78, 5) is 0. The van der Waals surface area contributed by atoms with Crippen LogP contribution in [0.15, 0.2) is 23.3 Å². The maximum atomic E-state index is 12.5. The van der Waals surface area contributed by atoms with Crippen molar-refractivity contribution in [2.45, 2.75) is 24.4 Å². The lowest BCUT2D eigenvalue weighted by molar-refractivity contribution is -0.364. The molecular weight excluding hydrogens is 382 g/mol. The largest absolute Gasteiger partial charge is 0.769 e. The van der Waals surface area contributed by atoms with E-state index >= 15 is 0 Å². The van der Waals surface area contributed by atoms with Gasteiger partial charge in [0, 0.05) is 18.3 Å². The smallest absolute Gasteiger partial charge is 0.426 e. The summed E-state index contributed by atoms with van der Waals surface area (Å²) in [6.45, 7) is 0. The van der Waals surface area contributed by atoms with Crippen molar-refractivity contribution in [1.29, 1.82) is 0 Å². The van der Waals surface area contributed by atoms with E-state index in [0.717, 1.165) is 12.1 Å². The van der Waals surface area contributed by atoms with Gasteiger partial charge in [-0.3, -0.25) is 15.8 Å². The van der Waals surface area contributed by atoms with Crippen LogP contribution in [0.4, 0.5) is 43.4 Å². The van der Waals surface area contributed by atoms with Gasteiger partial charge in [-0.05, 0) is 18.2 Å². The molecule has 0 unspecified atom stereocenters. The third-order valence-corrected chi connectivity index (χ3v) is 3.01. The summed E-state index contributed by atoms with van der Waals surface area (Å²) in [7, 11) is 0. The maximum Gasteiger partial charge on any atom is 0.426 e. The van der Waals surface area contributed by atoms with E-state index in [1.54, 1.807) is 0 Å². The van der Waals surface area contributed by atoms with Crippen LogP contribution in [0, 0.1) is 10.4 Å². The van der Waals surface area contributed by atoms with Gasteiger partial charge in [0.15, 0.2) is 0 Å². The van der Waals surface area contributed by atoms with Gasteiger partial charge in [-0.25, -0.2) is 0 Å². The average Bonchev–Trinajstić information content (AvgIpc) is 2.48. The van der Waals surface area contributed by atoms with Crippen LogP contribution in [-0.4, -0.2) is 39.7 Å². The van der Waals surface area contributed by atoms with Crippen LogP contribution in [0.5, 0.6) is 0 Å². The van der Waals surface area contributed by atoms with E-state index in [0.29, 0.717) is 6.07 Å². The molecule has 0 aliphatic rings. The molecule has 0 aromatic heterocycles. The van der Waals surface area contributed by atoms with Gasteiger partial charge in [0.25, 0.3) is 5.60 Å². The highest BCUT2D eigenvalue weighted by Gasteiger charge is 2.69. The third kappa shape index (κ3) is 4.64. The summed E-state index contributed by atoms with van der Waals surface area (Å²) in [6, 6.07) is 2.36. The molecule has 0 radical (unpaired) electrons. The Morgan fingerprint density at radius 3 is 2.04 bits per heavy atom. The monoisotopic (exact) mass is 392 g/mol. The summed E-state index contributed by atoms with van der Waals surface area (Å²) < 4.78 is 74.7. The van der Waals surface area contributed by atoms with Crippen molar-refractivity contribution in [1.82, 2.24) is 0 Å². The summed E-state index contributed by atoms with van der Waals surface area (Å²) >= 11 is 0. The number of benzene rings is 1. The van der Waals surface area contributed by atoms with Crippen molar-refractivity contribution >= 4 is 23.3 Å². The Morgan fingerprint density at radius 2 is 1.62 bits per heavy atom. The molecular formula is C11H10F6N4O5-2. The molecule has 0 aliphatic carbocycles. The second-order valence-electron chi connectivity index (χ2n) is 4.73. The Kier molecular flexibility index (Phi) is 6.26. The van der Waals surface area contributed by atoms with Crippen LogP contribution in [0.25, 0.3) is 0 Å². The number of alkyl halides is 6. The predicted octanol–water partition coefficient (Wildman–Crippen LogP) is 2.72. The molecule has 1 rings (SSSR count). The normalized spacial score (nSPS) is 13.2. The van der Waals surface area contributed by atoms with E-state index < -0.39 is 51.9 Å². The highest BCUT2D eigenvalue weighted by molar-refractivity contribution is 5.74. The number of hydrogen-bond donors (Lipinski definition) is 4. The molecule has 15 heteroatoms. The van der Waals surface area contributed by atoms with E-state index in [1.807, 2.05) is 5.43 Å². The first-order valence-electron chi connectivity index (χ1n) is 6.30. The molecule has 0 spiro atoms. The lowest BCUT2D eigenvalue weighted by Gasteiger charge is -2.37. The van der Waals surface area contributed by atoms with Crippen molar-refractivity contribution in [2.24, 2.45) is 5.10 Å². The Hall–Kier alpha value is -2.33. The Balaban J connectivity index is 2.98. The van der Waals surface area contributed by atoms with Gasteiger partial charge < -0.3 is 20.7 Å². The second kappa shape index (κ2) is 7.50. The minimum absolute atomic E-state index is 0.0608. The zero-order chi connectivity index (χ0) is 20.3. The van der Waals surface area contributed by atoms with Gasteiger partial charge in [0.05, 0.1) is 5.69 Å². The molecule has 148 valence electrons. The molecule has 4 N–H and O–H groups in total. The maximum absolute atomic E-state index is 12.5. The quantitative estimate of drug-likeness (QED) is 0.329. The van der Waals surface area contributed by atoms with Crippen LogP contribution in [-0.2, 0) is 0 Å². The molecule has 0 amide bonds. The number of hydrazone groups is 1. The molecule has 0 aliphatic heterocycles. The molecule has 1 aromatic rings. The third-order valence-electron chi connectivity index (χ3n) is 3.01. The molecule has 0 fully saturated rings. The first-order valence-corrected chi connectivity index (χ1v) is 6.30. The second-order valence-corrected chi connectivity index (χ2v) is 4.73. The summed E-state index contributed by atoms with van der Waals surface area (Å²) in [6.07, 6.45) is -14.0.